The SMILES string of the molecule is CSC1(CNC(=O)CCN)CC1. The lowest BCUT2D eigenvalue weighted by Gasteiger charge is -2.12. The summed E-state index contributed by atoms with van der Waals surface area (Å²) in [6.07, 6.45) is 5.01. The average Bonchev–Trinajstić information content (AvgIpc) is 2.82. The quantitative estimate of drug-likeness (QED) is 0.654. The van der Waals surface area contributed by atoms with Crippen LogP contribution in [-0.2, 0) is 4.79 Å². The Kier molecular flexibility index (Phi) is 3.40. The van der Waals surface area contributed by atoms with E-state index in [4.69, 9.17) is 5.73 Å². The number of carbonyl (C=O) groups is 1. The van der Waals surface area contributed by atoms with Crippen molar-refractivity contribution < 1.29 is 4.79 Å². The maximum Gasteiger partial charge on any atom is 0.221 e. The summed E-state index contributed by atoms with van der Waals surface area (Å²) in [5.41, 5.74) is 5.25. The molecule has 0 bridgehead atoms. The average molecular weight is 188 g/mol. The minimum absolute atomic E-state index is 0.0813. The highest BCUT2D eigenvalue weighted by Crippen LogP contribution is 2.46. The molecule has 0 atom stereocenters. The Morgan fingerprint density at radius 1 is 1.67 bits per heavy atom. The van der Waals surface area contributed by atoms with Gasteiger partial charge in [0.2, 0.25) is 5.91 Å². The van der Waals surface area contributed by atoms with Crippen LogP contribution in [0.1, 0.15) is 19.3 Å². The lowest BCUT2D eigenvalue weighted by atomic mass is 10.3. The summed E-state index contributed by atoms with van der Waals surface area (Å²) in [5, 5.41) is 2.90. The summed E-state index contributed by atoms with van der Waals surface area (Å²) in [6, 6.07) is 0. The van der Waals surface area contributed by atoms with Gasteiger partial charge >= 0.3 is 0 Å². The Balaban J connectivity index is 2.12. The van der Waals surface area contributed by atoms with Crippen molar-refractivity contribution in [3.8, 4) is 0 Å². The number of thioether (sulfide) groups is 1. The molecule has 12 heavy (non-hydrogen) atoms. The topological polar surface area (TPSA) is 55.1 Å². The van der Waals surface area contributed by atoms with Gasteiger partial charge < -0.3 is 11.1 Å². The molecule has 0 aliphatic heterocycles. The number of carbonyl (C=O) groups excluding carboxylic acids is 1. The first-order valence-corrected chi connectivity index (χ1v) is 5.47. The first-order valence-electron chi connectivity index (χ1n) is 4.24. The van der Waals surface area contributed by atoms with Crippen molar-refractivity contribution in [2.45, 2.75) is 24.0 Å². The molecule has 0 aromatic heterocycles. The Morgan fingerprint density at radius 3 is 2.75 bits per heavy atom. The molecule has 70 valence electrons. The molecule has 3 N–H and O–H groups in total. The van der Waals surface area contributed by atoms with E-state index in [0.29, 0.717) is 17.7 Å². The summed E-state index contributed by atoms with van der Waals surface area (Å²) in [6.45, 7) is 1.26. The molecule has 0 aromatic carbocycles. The van der Waals surface area contributed by atoms with E-state index in [9.17, 15) is 4.79 Å². The second kappa shape index (κ2) is 4.14. The highest BCUT2D eigenvalue weighted by Gasteiger charge is 2.41. The van der Waals surface area contributed by atoms with Gasteiger partial charge in [-0.25, -0.2) is 0 Å². The lowest BCUT2D eigenvalue weighted by molar-refractivity contribution is -0.120. The molecule has 1 aliphatic carbocycles. The van der Waals surface area contributed by atoms with Crippen LogP contribution >= 0.6 is 11.8 Å². The second-order valence-corrected chi connectivity index (χ2v) is 4.48. The summed E-state index contributed by atoms with van der Waals surface area (Å²) in [7, 11) is 0. The molecule has 1 fully saturated rings. The fourth-order valence-corrected chi connectivity index (χ4v) is 1.80. The van der Waals surface area contributed by atoms with Crippen LogP contribution in [0.25, 0.3) is 0 Å². The van der Waals surface area contributed by atoms with Gasteiger partial charge in [0.15, 0.2) is 0 Å². The van der Waals surface area contributed by atoms with Gasteiger partial charge in [-0.15, -0.1) is 0 Å². The molecular formula is C8H16N2OS. The molecule has 0 unspecified atom stereocenters. The third kappa shape index (κ3) is 2.68. The van der Waals surface area contributed by atoms with Gasteiger partial charge in [0, 0.05) is 24.3 Å². The van der Waals surface area contributed by atoms with E-state index < -0.39 is 0 Å². The van der Waals surface area contributed by atoms with E-state index in [2.05, 4.69) is 11.6 Å². The fraction of sp³-hybridized carbons (Fsp3) is 0.875. The third-order valence-electron chi connectivity index (χ3n) is 2.22. The van der Waals surface area contributed by atoms with Crippen LogP contribution in [-0.4, -0.2) is 30.0 Å². The van der Waals surface area contributed by atoms with Gasteiger partial charge in [-0.1, -0.05) is 0 Å². The van der Waals surface area contributed by atoms with Crippen LogP contribution in [0.3, 0.4) is 0 Å². The van der Waals surface area contributed by atoms with Crippen molar-refractivity contribution in [3.05, 3.63) is 0 Å². The van der Waals surface area contributed by atoms with Crippen LogP contribution in [0, 0.1) is 0 Å². The van der Waals surface area contributed by atoms with Gasteiger partial charge in [-0.3, -0.25) is 4.79 Å². The molecular weight excluding hydrogens is 172 g/mol. The molecule has 1 amide bonds. The van der Waals surface area contributed by atoms with Crippen molar-refractivity contribution in [1.82, 2.24) is 5.32 Å². The zero-order valence-electron chi connectivity index (χ0n) is 7.43. The van der Waals surface area contributed by atoms with E-state index in [1.54, 1.807) is 0 Å². The smallest absolute Gasteiger partial charge is 0.221 e. The van der Waals surface area contributed by atoms with Crippen LogP contribution < -0.4 is 11.1 Å². The molecule has 0 aromatic rings. The Bertz CT molecular complexity index is 168. The van der Waals surface area contributed by atoms with Crippen LogP contribution in [0.5, 0.6) is 0 Å². The number of hydrogen-bond donors (Lipinski definition) is 2. The first-order chi connectivity index (χ1) is 5.72. The minimum atomic E-state index is 0.0813. The summed E-state index contributed by atoms with van der Waals surface area (Å²) < 4.78 is 0.365. The normalized spacial score (nSPS) is 18.8. The van der Waals surface area contributed by atoms with Gasteiger partial charge in [-0.2, -0.15) is 11.8 Å². The minimum Gasteiger partial charge on any atom is -0.355 e. The zero-order chi connectivity index (χ0) is 9.03. The van der Waals surface area contributed by atoms with E-state index >= 15 is 0 Å². The zero-order valence-corrected chi connectivity index (χ0v) is 8.25. The third-order valence-corrected chi connectivity index (χ3v) is 3.64. The monoisotopic (exact) mass is 188 g/mol. The molecule has 0 radical (unpaired) electrons. The molecule has 1 aliphatic rings. The fourth-order valence-electron chi connectivity index (χ4n) is 1.07. The van der Waals surface area contributed by atoms with E-state index in [0.717, 1.165) is 6.54 Å². The molecule has 1 rings (SSSR count). The predicted octanol–water partition coefficient (Wildman–Crippen LogP) is 0.347. The van der Waals surface area contributed by atoms with Gasteiger partial charge in [0.05, 0.1) is 0 Å². The number of amides is 1. The van der Waals surface area contributed by atoms with Gasteiger partial charge in [0.25, 0.3) is 0 Å². The molecule has 0 saturated heterocycles. The number of nitrogens with two attached hydrogens (primary N) is 1. The van der Waals surface area contributed by atoms with Crippen molar-refractivity contribution in [2.75, 3.05) is 19.3 Å². The van der Waals surface area contributed by atoms with Crippen molar-refractivity contribution in [3.63, 3.8) is 0 Å². The number of hydrogen-bond acceptors (Lipinski definition) is 3. The Morgan fingerprint density at radius 2 is 2.33 bits per heavy atom. The predicted molar refractivity (Wildman–Crippen MR) is 52.2 cm³/mol. The van der Waals surface area contributed by atoms with Crippen LogP contribution in [0.15, 0.2) is 0 Å². The largest absolute Gasteiger partial charge is 0.355 e. The van der Waals surface area contributed by atoms with Crippen molar-refractivity contribution in [2.24, 2.45) is 5.73 Å². The summed E-state index contributed by atoms with van der Waals surface area (Å²) >= 11 is 1.85. The maximum atomic E-state index is 11.0. The van der Waals surface area contributed by atoms with Crippen molar-refractivity contribution >= 4 is 17.7 Å². The van der Waals surface area contributed by atoms with Gasteiger partial charge in [0.1, 0.15) is 0 Å². The lowest BCUT2D eigenvalue weighted by Crippen LogP contribution is -2.32. The second-order valence-electron chi connectivity index (χ2n) is 3.20. The van der Waals surface area contributed by atoms with Gasteiger partial charge in [-0.05, 0) is 19.1 Å². The van der Waals surface area contributed by atoms with Crippen LogP contribution in [0.4, 0.5) is 0 Å². The first kappa shape index (κ1) is 9.86. The Labute approximate surface area is 77.5 Å². The van der Waals surface area contributed by atoms with Crippen molar-refractivity contribution in [1.29, 1.82) is 0 Å². The van der Waals surface area contributed by atoms with E-state index in [-0.39, 0.29) is 5.91 Å². The molecule has 3 nitrogen and oxygen atoms in total. The van der Waals surface area contributed by atoms with Crippen LogP contribution in [0.2, 0.25) is 0 Å². The summed E-state index contributed by atoms with van der Waals surface area (Å²) in [4.78, 5) is 11.0. The number of rotatable bonds is 5. The standard InChI is InChI=1S/C8H16N2OS/c1-12-8(3-4-8)6-10-7(11)2-5-9/h2-6,9H2,1H3,(H,10,11). The maximum absolute atomic E-state index is 11.0. The van der Waals surface area contributed by atoms with E-state index in [1.807, 2.05) is 11.8 Å². The molecule has 0 heterocycles. The highest BCUT2D eigenvalue weighted by atomic mass is 32.2. The Hall–Kier alpha value is -0.220. The van der Waals surface area contributed by atoms with E-state index in [1.165, 1.54) is 12.8 Å². The summed E-state index contributed by atoms with van der Waals surface area (Å²) in [5.74, 6) is 0.0813. The molecule has 1 saturated carbocycles. The highest BCUT2D eigenvalue weighted by molar-refractivity contribution is 8.00. The molecule has 4 heteroatoms. The number of nitrogens with one attached hydrogen (secondary N) is 1. The molecule has 0 spiro atoms.